The van der Waals surface area contributed by atoms with Crippen LogP contribution >= 0.6 is 12.4 Å². The Kier molecular flexibility index (Phi) is 5.76. The van der Waals surface area contributed by atoms with Gasteiger partial charge in [0, 0.05) is 19.0 Å². The molecule has 0 aliphatic heterocycles. The number of aromatic nitrogens is 5. The summed E-state index contributed by atoms with van der Waals surface area (Å²) >= 11 is 0. The van der Waals surface area contributed by atoms with Gasteiger partial charge in [0.25, 0.3) is 0 Å². The van der Waals surface area contributed by atoms with E-state index in [1.54, 1.807) is 11.7 Å². The lowest BCUT2D eigenvalue weighted by Crippen LogP contribution is -2.27. The maximum atomic E-state index is 11.8. The van der Waals surface area contributed by atoms with Crippen molar-refractivity contribution in [2.24, 2.45) is 5.73 Å². The van der Waals surface area contributed by atoms with E-state index >= 15 is 0 Å². The van der Waals surface area contributed by atoms with Crippen LogP contribution in [0.1, 0.15) is 43.3 Å². The highest BCUT2D eigenvalue weighted by Crippen LogP contribution is 2.32. The van der Waals surface area contributed by atoms with Crippen molar-refractivity contribution >= 4 is 29.3 Å². The summed E-state index contributed by atoms with van der Waals surface area (Å²) in [6.45, 7) is 0. The molecule has 2 heterocycles. The average Bonchev–Trinajstić information content (AvgIpc) is 3.26. The Balaban J connectivity index is 0.00000210. The molecule has 4 rings (SSSR count). The number of likely N-dealkylation sites (N-methyl/N-ethyl adjacent to an activating group) is 1. The molecular formula is C18H24ClN7O. The Labute approximate surface area is 163 Å². The van der Waals surface area contributed by atoms with Crippen molar-refractivity contribution in [2.75, 3.05) is 7.05 Å². The lowest BCUT2D eigenvalue weighted by Gasteiger charge is -2.25. The summed E-state index contributed by atoms with van der Waals surface area (Å²) in [7, 11) is 1.61. The highest BCUT2D eigenvalue weighted by Gasteiger charge is 2.27. The SMILES string of the molecule is CNC(=O)Cc1nc(C2CCC(N)CC2)n(-c2nc3ccccc3[nH]2)n1.Cl. The number of benzene rings is 1. The summed E-state index contributed by atoms with van der Waals surface area (Å²) in [6.07, 6.45) is 4.05. The Hall–Kier alpha value is -2.45. The number of amides is 1. The molecule has 1 aliphatic carbocycles. The van der Waals surface area contributed by atoms with E-state index in [-0.39, 0.29) is 36.7 Å². The van der Waals surface area contributed by atoms with Crippen molar-refractivity contribution in [3.05, 3.63) is 35.9 Å². The van der Waals surface area contributed by atoms with Gasteiger partial charge in [0.05, 0.1) is 17.5 Å². The van der Waals surface area contributed by atoms with Crippen LogP contribution in [-0.4, -0.2) is 43.7 Å². The molecule has 0 atom stereocenters. The molecule has 0 unspecified atom stereocenters. The van der Waals surface area contributed by atoms with Crippen LogP contribution in [0.2, 0.25) is 0 Å². The molecule has 9 heteroatoms. The monoisotopic (exact) mass is 389 g/mol. The number of fused-ring (bicyclic) bond motifs is 1. The highest BCUT2D eigenvalue weighted by molar-refractivity contribution is 5.85. The quantitative estimate of drug-likeness (QED) is 0.629. The molecule has 1 fully saturated rings. The van der Waals surface area contributed by atoms with Crippen LogP contribution in [0.4, 0.5) is 0 Å². The van der Waals surface area contributed by atoms with Crippen molar-refractivity contribution in [3.63, 3.8) is 0 Å². The summed E-state index contributed by atoms with van der Waals surface area (Å²) in [5, 5.41) is 7.20. The first-order chi connectivity index (χ1) is 12.6. The number of hydrogen-bond acceptors (Lipinski definition) is 5. The number of hydrogen-bond donors (Lipinski definition) is 3. The van der Waals surface area contributed by atoms with Crippen molar-refractivity contribution in [1.82, 2.24) is 30.0 Å². The highest BCUT2D eigenvalue weighted by atomic mass is 35.5. The third kappa shape index (κ3) is 3.96. The predicted octanol–water partition coefficient (Wildman–Crippen LogP) is 1.84. The van der Waals surface area contributed by atoms with Gasteiger partial charge in [0.1, 0.15) is 5.82 Å². The van der Waals surface area contributed by atoms with Crippen LogP contribution in [0.15, 0.2) is 24.3 Å². The number of nitrogens with one attached hydrogen (secondary N) is 2. The second kappa shape index (κ2) is 8.06. The van der Waals surface area contributed by atoms with E-state index in [2.05, 4.69) is 25.4 Å². The standard InChI is InChI=1S/C18H23N7O.ClH/c1-20-16(26)10-15-23-17(11-6-8-12(19)9-7-11)25(24-15)18-21-13-4-2-3-5-14(13)22-18;/h2-5,11-12H,6-10,19H2,1H3,(H,20,26)(H,21,22);1H. The van der Waals surface area contributed by atoms with Gasteiger partial charge >= 0.3 is 0 Å². The molecule has 0 bridgehead atoms. The van der Waals surface area contributed by atoms with Crippen LogP contribution < -0.4 is 11.1 Å². The minimum Gasteiger partial charge on any atom is -0.359 e. The molecule has 1 amide bonds. The zero-order valence-electron chi connectivity index (χ0n) is 15.2. The fourth-order valence-corrected chi connectivity index (χ4v) is 3.51. The van der Waals surface area contributed by atoms with E-state index < -0.39 is 0 Å². The number of nitrogens with zero attached hydrogens (tertiary/aromatic N) is 4. The van der Waals surface area contributed by atoms with Crippen molar-refractivity contribution in [1.29, 1.82) is 0 Å². The number of carbonyl (C=O) groups excluding carboxylic acids is 1. The first kappa shape index (κ1) is 19.3. The Morgan fingerprint density at radius 2 is 2.00 bits per heavy atom. The van der Waals surface area contributed by atoms with Gasteiger partial charge in [-0.25, -0.2) is 9.97 Å². The summed E-state index contributed by atoms with van der Waals surface area (Å²) in [4.78, 5) is 24.4. The van der Waals surface area contributed by atoms with Gasteiger partial charge in [-0.1, -0.05) is 12.1 Å². The van der Waals surface area contributed by atoms with E-state index in [4.69, 9.17) is 5.73 Å². The lowest BCUT2D eigenvalue weighted by molar-refractivity contribution is -0.120. The molecule has 1 saturated carbocycles. The third-order valence-electron chi connectivity index (χ3n) is 4.99. The van der Waals surface area contributed by atoms with Gasteiger partial charge in [-0.15, -0.1) is 17.5 Å². The topological polar surface area (TPSA) is 115 Å². The minimum absolute atomic E-state index is 0. The number of nitrogens with two attached hydrogens (primary N) is 1. The predicted molar refractivity (Wildman–Crippen MR) is 105 cm³/mol. The molecule has 0 radical (unpaired) electrons. The van der Waals surface area contributed by atoms with Gasteiger partial charge in [-0.3, -0.25) is 4.79 Å². The van der Waals surface area contributed by atoms with Crippen LogP contribution in [0.5, 0.6) is 0 Å². The maximum Gasteiger partial charge on any atom is 0.230 e. The summed E-state index contributed by atoms with van der Waals surface area (Å²) in [5.74, 6) is 2.16. The number of aromatic amines is 1. The Bertz CT molecular complexity index is 894. The van der Waals surface area contributed by atoms with Gasteiger partial charge < -0.3 is 16.0 Å². The molecule has 8 nitrogen and oxygen atoms in total. The van der Waals surface area contributed by atoms with Gasteiger partial charge in [-0.05, 0) is 37.8 Å². The van der Waals surface area contributed by atoms with E-state index in [0.717, 1.165) is 42.5 Å². The van der Waals surface area contributed by atoms with Crippen LogP contribution in [0.3, 0.4) is 0 Å². The van der Waals surface area contributed by atoms with Crippen LogP contribution in [-0.2, 0) is 11.2 Å². The van der Waals surface area contributed by atoms with Crippen molar-refractivity contribution < 1.29 is 4.79 Å². The third-order valence-corrected chi connectivity index (χ3v) is 4.99. The molecule has 2 aromatic heterocycles. The average molecular weight is 390 g/mol. The van der Waals surface area contributed by atoms with E-state index in [0.29, 0.717) is 11.8 Å². The van der Waals surface area contributed by atoms with Crippen LogP contribution in [0, 0.1) is 0 Å². The molecule has 27 heavy (non-hydrogen) atoms. The molecular weight excluding hydrogens is 366 g/mol. The number of rotatable bonds is 4. The molecule has 144 valence electrons. The number of H-pyrrole nitrogens is 1. The fraction of sp³-hybridized carbons (Fsp3) is 0.444. The number of halogens is 1. The first-order valence-corrected chi connectivity index (χ1v) is 9.01. The zero-order valence-corrected chi connectivity index (χ0v) is 16.0. The largest absolute Gasteiger partial charge is 0.359 e. The normalized spacial score (nSPS) is 19.6. The van der Waals surface area contributed by atoms with E-state index in [9.17, 15) is 4.79 Å². The Morgan fingerprint density at radius 1 is 1.26 bits per heavy atom. The number of para-hydroxylation sites is 2. The minimum atomic E-state index is -0.107. The molecule has 3 aromatic rings. The summed E-state index contributed by atoms with van der Waals surface area (Å²) in [6, 6.07) is 8.12. The molecule has 1 aromatic carbocycles. The summed E-state index contributed by atoms with van der Waals surface area (Å²) < 4.78 is 1.76. The molecule has 0 saturated heterocycles. The van der Waals surface area contributed by atoms with Crippen molar-refractivity contribution in [2.45, 2.75) is 44.1 Å². The second-order valence-electron chi connectivity index (χ2n) is 6.84. The fourth-order valence-electron chi connectivity index (χ4n) is 3.51. The smallest absolute Gasteiger partial charge is 0.230 e. The zero-order chi connectivity index (χ0) is 18.1. The van der Waals surface area contributed by atoms with Crippen LogP contribution in [0.25, 0.3) is 17.0 Å². The lowest BCUT2D eigenvalue weighted by atomic mass is 9.86. The van der Waals surface area contributed by atoms with Gasteiger partial charge in [0.2, 0.25) is 11.9 Å². The van der Waals surface area contributed by atoms with Gasteiger partial charge in [0.15, 0.2) is 5.82 Å². The summed E-state index contributed by atoms with van der Waals surface area (Å²) in [5.41, 5.74) is 7.87. The van der Waals surface area contributed by atoms with Gasteiger partial charge in [-0.2, -0.15) is 4.68 Å². The molecule has 1 aliphatic rings. The first-order valence-electron chi connectivity index (χ1n) is 9.01. The van der Waals surface area contributed by atoms with E-state index in [1.807, 2.05) is 24.3 Å². The molecule has 4 N–H and O–H groups in total. The number of carbonyl (C=O) groups is 1. The van der Waals surface area contributed by atoms with Crippen molar-refractivity contribution in [3.8, 4) is 5.95 Å². The maximum absolute atomic E-state index is 11.8. The second-order valence-corrected chi connectivity index (χ2v) is 6.84. The Morgan fingerprint density at radius 3 is 2.70 bits per heavy atom. The number of imidazole rings is 1. The van der Waals surface area contributed by atoms with E-state index in [1.165, 1.54) is 0 Å². The molecule has 0 spiro atoms.